The Labute approximate surface area is 521 Å². The predicted molar refractivity (Wildman–Crippen MR) is 353 cm³/mol. The topological polar surface area (TPSA) is 13.1 Å². The molecule has 0 saturated carbocycles. The fourth-order valence-electron chi connectivity index (χ4n) is 12.2. The molecule has 0 bridgehead atoms. The first-order valence-corrected chi connectivity index (χ1v) is 27.9. The highest BCUT2D eigenvalue weighted by Gasteiger charge is 2.44. The van der Waals surface area contributed by atoms with Crippen molar-refractivity contribution in [1.29, 1.82) is 0 Å². The molecule has 0 radical (unpaired) electrons. The highest BCUT2D eigenvalue weighted by molar-refractivity contribution is 8.00. The van der Waals surface area contributed by atoms with Crippen LogP contribution in [0.15, 0.2) is 270 Å². The van der Waals surface area contributed by atoms with Crippen molar-refractivity contribution in [3.05, 3.63) is 266 Å². The Morgan fingerprint density at radius 2 is 1.01 bits per heavy atom. The van der Waals surface area contributed by atoms with E-state index >= 15 is 0 Å². The summed E-state index contributed by atoms with van der Waals surface area (Å²) >= 11 is 2.51. The van der Waals surface area contributed by atoms with Crippen LogP contribution in [0.3, 0.4) is 0 Å². The number of fused-ring (bicyclic) bond motifs is 13. The normalized spacial score (nSPS) is 17.4. The highest BCUT2D eigenvalue weighted by Crippen LogP contribution is 2.53. The number of aromatic nitrogens is 2. The van der Waals surface area contributed by atoms with Gasteiger partial charge in [0.1, 0.15) is 0 Å². The van der Waals surface area contributed by atoms with Crippen LogP contribution in [0.2, 0.25) is 0 Å². The number of hydrogen-bond donors (Lipinski definition) is 0. The maximum Gasteiger partial charge on any atom is 0.249 e. The van der Waals surface area contributed by atoms with Crippen LogP contribution in [0.1, 0.15) is 62.0 Å². The molecule has 2 aliphatic rings. The zero-order chi connectivity index (χ0) is 77.0. The van der Waals surface area contributed by atoms with Crippen LogP contribution in [0, 0.1) is 0 Å². The van der Waals surface area contributed by atoms with Crippen molar-refractivity contribution in [2.75, 3.05) is 4.90 Å². The molecule has 6 heteroatoms. The fraction of sp³-hybridized carbons (Fsp3) is 0.0526. The molecule has 0 unspecified atom stereocenters. The van der Waals surface area contributed by atoms with Gasteiger partial charge >= 0.3 is 0 Å². The maximum atomic E-state index is 9.92. The molecule has 0 amide bonds. The molecule has 0 fully saturated rings. The molecule has 82 heavy (non-hydrogen) atoms. The summed E-state index contributed by atoms with van der Waals surface area (Å²) in [5, 5.41) is 0.302. The first-order chi connectivity index (χ1) is 51.1. The Kier molecular flexibility index (Phi) is 6.26. The molecule has 386 valence electrons. The Hall–Kier alpha value is -9.33. The van der Waals surface area contributed by atoms with E-state index in [1.807, 2.05) is 71.6 Å². The van der Waals surface area contributed by atoms with Gasteiger partial charge in [0.15, 0.2) is 0 Å². The second kappa shape index (κ2) is 18.1. The lowest BCUT2D eigenvalue weighted by Gasteiger charge is -2.42. The average molecular weight is 1110 g/mol. The Balaban J connectivity index is 1.12. The maximum absolute atomic E-state index is 9.92. The van der Waals surface area contributed by atoms with E-state index in [0.29, 0.717) is 54.1 Å². The van der Waals surface area contributed by atoms with E-state index in [4.69, 9.17) is 13.7 Å². The number of hydrogen-bond acceptors (Lipinski definition) is 3. The summed E-state index contributed by atoms with van der Waals surface area (Å²) in [5.74, 6) is 0. The second-order valence-corrected chi connectivity index (χ2v) is 23.4. The first kappa shape index (κ1) is 28.4. The summed E-state index contributed by atoms with van der Waals surface area (Å²) in [6.07, 6.45) is 0. The van der Waals surface area contributed by atoms with Gasteiger partial charge in [0.05, 0.1) is 73.8 Å². The van der Waals surface area contributed by atoms with Crippen LogP contribution >= 0.6 is 23.1 Å². The summed E-state index contributed by atoms with van der Waals surface area (Å²) in [5.41, 5.74) is 2.44. The third kappa shape index (κ3) is 7.11. The molecule has 0 N–H and O–H groups in total. The molecule has 0 saturated heterocycles. The lowest BCUT2D eigenvalue weighted by atomic mass is 9.34. The van der Waals surface area contributed by atoms with Crippen molar-refractivity contribution in [3.8, 4) is 44.8 Å². The molecule has 0 aliphatic carbocycles. The van der Waals surface area contributed by atoms with E-state index in [9.17, 15) is 21.9 Å². The van der Waals surface area contributed by atoms with Gasteiger partial charge in [-0.25, -0.2) is 0 Å². The smallest absolute Gasteiger partial charge is 0.249 e. The number of para-hydroxylation sites is 4. The van der Waals surface area contributed by atoms with E-state index in [1.165, 1.54) is 26.5 Å². The largest absolute Gasteiger partial charge is 0.309 e. The Morgan fingerprint density at radius 1 is 0.427 bits per heavy atom. The molecule has 2 aliphatic heterocycles. The molecule has 15 aromatic rings. The average Bonchev–Trinajstić information content (AvgIpc) is 1.37. The molecular formula is C76H52BN3S2. The molecule has 12 aromatic carbocycles. The quantitative estimate of drug-likeness (QED) is 0.154. The van der Waals surface area contributed by atoms with Crippen molar-refractivity contribution >= 4 is 127 Å². The van der Waals surface area contributed by atoms with Crippen LogP contribution in [0.5, 0.6) is 0 Å². The number of nitrogens with zero attached hydrogens (tertiary/aromatic N) is 3. The van der Waals surface area contributed by atoms with E-state index < -0.39 is 164 Å². The molecule has 3 nitrogen and oxygen atoms in total. The SMILES string of the molecule is [2H]c1c([2H])c([2H])c(-c2ccc3c(c2)B2c4cc(-n5c6c([2H])c([2H])c([2H])c([2H])c6c6c([2H])c([2H])c([2H])c([2H])c65)cc(-n5c6c([2H])c([2H])c([2H])c([2H])c6c6c([2H])c([2H])c([2H])c([2H])c65)c4Sc4cc(-c5ccc(C(C)(C)C)cc5)cc(c42)N3c2c(-c3c([2H])c([2H])c([2H])c([2H])c3[2H])ccc3c2sc2ccccc23)c([2H])c1[2H]. The number of benzene rings is 12. The van der Waals surface area contributed by atoms with Gasteiger partial charge in [-0.2, -0.15) is 0 Å². The zero-order valence-electron chi connectivity index (χ0n) is 69.6. The van der Waals surface area contributed by atoms with E-state index in [1.54, 1.807) is 30.3 Å². The lowest BCUT2D eigenvalue weighted by Crippen LogP contribution is -2.60. The summed E-state index contributed by atoms with van der Waals surface area (Å²) in [7, 11) is 0. The van der Waals surface area contributed by atoms with Gasteiger partial charge in [0, 0.05) is 69.4 Å². The van der Waals surface area contributed by atoms with Crippen molar-refractivity contribution in [3.63, 3.8) is 0 Å². The van der Waals surface area contributed by atoms with Crippen molar-refractivity contribution < 1.29 is 35.6 Å². The van der Waals surface area contributed by atoms with Crippen LogP contribution in [0.25, 0.3) is 109 Å². The molecular weight excluding hydrogens is 1030 g/mol. The lowest BCUT2D eigenvalue weighted by molar-refractivity contribution is 0.590. The fourth-order valence-corrected chi connectivity index (χ4v) is 14.7. The highest BCUT2D eigenvalue weighted by atomic mass is 32.2. The molecule has 3 aromatic heterocycles. The summed E-state index contributed by atoms with van der Waals surface area (Å²) in [6, 6.07) is 13.7. The Morgan fingerprint density at radius 3 is 1.66 bits per heavy atom. The van der Waals surface area contributed by atoms with Crippen LogP contribution in [-0.4, -0.2) is 15.8 Å². The first-order valence-electron chi connectivity index (χ1n) is 39.3. The van der Waals surface area contributed by atoms with E-state index in [2.05, 4.69) is 20.8 Å². The van der Waals surface area contributed by atoms with Gasteiger partial charge in [-0.05, 0) is 110 Å². The minimum Gasteiger partial charge on any atom is -0.309 e. The summed E-state index contributed by atoms with van der Waals surface area (Å²) in [4.78, 5) is 2.63. The summed E-state index contributed by atoms with van der Waals surface area (Å²) < 4.78 is 247. The second-order valence-electron chi connectivity index (χ2n) is 21.3. The van der Waals surface area contributed by atoms with Gasteiger partial charge in [0.25, 0.3) is 0 Å². The molecule has 0 spiro atoms. The number of thiophene rings is 1. The zero-order valence-corrected chi connectivity index (χ0v) is 45.2. The van der Waals surface area contributed by atoms with Gasteiger partial charge in [0.2, 0.25) is 6.71 Å². The van der Waals surface area contributed by atoms with Crippen LogP contribution < -0.4 is 21.3 Å². The minimum atomic E-state index is -1.25. The number of anilines is 3. The van der Waals surface area contributed by atoms with Crippen molar-refractivity contribution in [1.82, 2.24) is 9.13 Å². The third-order valence-electron chi connectivity index (χ3n) is 15.8. The minimum absolute atomic E-state index is 0.0735. The summed E-state index contributed by atoms with van der Waals surface area (Å²) in [6.45, 7) is 4.98. The monoisotopic (exact) mass is 1110 g/mol. The van der Waals surface area contributed by atoms with Gasteiger partial charge in [-0.3, -0.25) is 0 Å². The predicted octanol–water partition coefficient (Wildman–Crippen LogP) is 19.3. The van der Waals surface area contributed by atoms with Gasteiger partial charge < -0.3 is 14.0 Å². The standard InChI is InChI=1S/C76H52BN3S2/c1-76(2,3)52-37-34-48(35-38-52)51-43-68-72-71(44-51)82-75-62(45-53(78-63-29-15-10-24-55(63)56-25-11-16-30-64(56)78)46-69(75)79-65-31-17-12-26-57(65)58-27-13-18-32-66(58)79)77(72)61-42-50(47-20-6-4-7-21-47)36-41-67(61)80(68)73-54(49-22-8-5-9-23-49)39-40-60-59-28-14-19-33-70(59)81-74(60)73/h4-46H,1-3H3/i4D,5D,6D,7D,8D,9D,10D,11D,12D,13D,15D,16D,17D,18D,20D,21D,22D,23D,24D,25D,26D,27D,29D,30D,31D,32D. The van der Waals surface area contributed by atoms with Crippen molar-refractivity contribution in [2.45, 2.75) is 36.0 Å². The molecule has 5 heterocycles. The Bertz CT molecular complexity index is 6530. The van der Waals surface area contributed by atoms with Gasteiger partial charge in [-0.15, -0.1) is 11.3 Å². The van der Waals surface area contributed by atoms with E-state index in [0.717, 1.165) is 27.4 Å². The van der Waals surface area contributed by atoms with E-state index in [-0.39, 0.29) is 93.0 Å². The third-order valence-corrected chi connectivity index (χ3v) is 18.2. The number of rotatable bonds is 6. The molecule has 17 rings (SSSR count). The van der Waals surface area contributed by atoms with Crippen molar-refractivity contribution in [2.24, 2.45) is 0 Å². The van der Waals surface area contributed by atoms with Crippen LogP contribution in [0.4, 0.5) is 17.1 Å². The van der Waals surface area contributed by atoms with Crippen LogP contribution in [-0.2, 0) is 5.41 Å². The molecule has 0 atom stereocenters. The van der Waals surface area contributed by atoms with Gasteiger partial charge in [-0.1, -0.05) is 238 Å².